The van der Waals surface area contributed by atoms with Crippen LogP contribution in [0.2, 0.25) is 0 Å². The monoisotopic (exact) mass is 928 g/mol. The van der Waals surface area contributed by atoms with Crippen LogP contribution in [0.4, 0.5) is 17.1 Å². The minimum absolute atomic E-state index is 0.466. The predicted octanol–water partition coefficient (Wildman–Crippen LogP) is 18.8. The molecule has 342 valence electrons. The minimum atomic E-state index is -0.466. The average Bonchev–Trinajstić information content (AvgIpc) is 3.98. The van der Waals surface area contributed by atoms with E-state index < -0.39 is 5.41 Å². The van der Waals surface area contributed by atoms with E-state index in [-0.39, 0.29) is 0 Å². The van der Waals surface area contributed by atoms with E-state index in [4.69, 9.17) is 0 Å². The van der Waals surface area contributed by atoms with Crippen molar-refractivity contribution in [2.24, 2.45) is 0 Å². The van der Waals surface area contributed by atoms with Crippen LogP contribution in [-0.4, -0.2) is 4.57 Å². The molecule has 14 rings (SSSR count). The standard InChI is InChI=1S/C71H48N2/c1-3-22-56(23-4-1)71(57-24-5-2-6-25-57)66-32-12-9-30-65(66)70-62(31-17-33-67(70)71)51-40-44-59(45-41-51)72(60-26-16-27-61(48-60)73-68-34-13-10-28-63(68)64-29-11-14-35-69(64)73)58-42-38-50(39-43-58)53-20-15-21-54(46-53)55-37-36-49-18-7-8-19-52(49)47-55/h1-48H. The molecule has 0 spiro atoms. The molecule has 0 aliphatic heterocycles. The summed E-state index contributed by atoms with van der Waals surface area (Å²) >= 11 is 0. The van der Waals surface area contributed by atoms with Gasteiger partial charge in [-0.1, -0.05) is 224 Å². The van der Waals surface area contributed by atoms with Crippen LogP contribution >= 0.6 is 0 Å². The zero-order valence-electron chi connectivity index (χ0n) is 40.1. The Morgan fingerprint density at radius 3 is 1.49 bits per heavy atom. The van der Waals surface area contributed by atoms with Crippen LogP contribution < -0.4 is 4.90 Å². The number of aromatic nitrogens is 1. The molecule has 0 radical (unpaired) electrons. The molecule has 12 aromatic carbocycles. The lowest BCUT2D eigenvalue weighted by atomic mass is 9.67. The summed E-state index contributed by atoms with van der Waals surface area (Å²) in [5, 5.41) is 4.99. The van der Waals surface area contributed by atoms with E-state index in [1.165, 1.54) is 99.3 Å². The lowest BCUT2D eigenvalue weighted by Crippen LogP contribution is -2.28. The van der Waals surface area contributed by atoms with Gasteiger partial charge in [-0.15, -0.1) is 0 Å². The summed E-state index contributed by atoms with van der Waals surface area (Å²) in [6.07, 6.45) is 0. The Hall–Kier alpha value is -9.50. The molecular formula is C71H48N2. The maximum absolute atomic E-state index is 2.40. The first kappa shape index (κ1) is 42.4. The third-order valence-electron chi connectivity index (χ3n) is 15.2. The Balaban J connectivity index is 0.894. The average molecular weight is 929 g/mol. The van der Waals surface area contributed by atoms with E-state index >= 15 is 0 Å². The Morgan fingerprint density at radius 1 is 0.288 bits per heavy atom. The molecule has 0 unspecified atom stereocenters. The highest BCUT2D eigenvalue weighted by molar-refractivity contribution is 6.09. The van der Waals surface area contributed by atoms with Crippen LogP contribution in [0.5, 0.6) is 0 Å². The summed E-state index contributed by atoms with van der Waals surface area (Å²) in [5.41, 5.74) is 21.1. The van der Waals surface area contributed by atoms with E-state index in [9.17, 15) is 0 Å². The van der Waals surface area contributed by atoms with Gasteiger partial charge in [0.1, 0.15) is 0 Å². The molecular weight excluding hydrogens is 881 g/mol. The fourth-order valence-corrected chi connectivity index (χ4v) is 12.0. The van der Waals surface area contributed by atoms with Crippen molar-refractivity contribution < 1.29 is 0 Å². The minimum Gasteiger partial charge on any atom is -0.310 e. The molecule has 2 heteroatoms. The lowest BCUT2D eigenvalue weighted by molar-refractivity contribution is 0.768. The van der Waals surface area contributed by atoms with Crippen LogP contribution in [-0.2, 0) is 5.41 Å². The summed E-state index contributed by atoms with van der Waals surface area (Å²) in [4.78, 5) is 2.40. The molecule has 0 fully saturated rings. The van der Waals surface area contributed by atoms with Gasteiger partial charge in [0.15, 0.2) is 0 Å². The fourth-order valence-electron chi connectivity index (χ4n) is 12.0. The Labute approximate surface area is 426 Å². The third kappa shape index (κ3) is 6.94. The molecule has 0 amide bonds. The first-order chi connectivity index (χ1) is 36.2. The fraction of sp³-hybridized carbons (Fsp3) is 0.0141. The van der Waals surface area contributed by atoms with Crippen molar-refractivity contribution in [2.75, 3.05) is 4.90 Å². The first-order valence-electron chi connectivity index (χ1n) is 25.2. The van der Waals surface area contributed by atoms with Crippen LogP contribution in [0, 0.1) is 0 Å². The van der Waals surface area contributed by atoms with Gasteiger partial charge in [-0.25, -0.2) is 0 Å². The van der Waals surface area contributed by atoms with E-state index in [1.807, 2.05) is 0 Å². The van der Waals surface area contributed by atoms with Gasteiger partial charge in [0.25, 0.3) is 0 Å². The smallest absolute Gasteiger partial charge is 0.0713 e. The second kappa shape index (κ2) is 17.4. The molecule has 73 heavy (non-hydrogen) atoms. The van der Waals surface area contributed by atoms with Crippen LogP contribution in [0.1, 0.15) is 22.3 Å². The van der Waals surface area contributed by atoms with E-state index in [0.717, 1.165) is 22.7 Å². The van der Waals surface area contributed by atoms with Gasteiger partial charge in [0, 0.05) is 33.5 Å². The number of anilines is 3. The van der Waals surface area contributed by atoms with Crippen molar-refractivity contribution in [2.45, 2.75) is 5.41 Å². The Kier molecular flexibility index (Phi) is 10.1. The van der Waals surface area contributed by atoms with Crippen molar-refractivity contribution in [3.8, 4) is 50.2 Å². The van der Waals surface area contributed by atoms with Gasteiger partial charge in [0.05, 0.1) is 16.4 Å². The molecule has 13 aromatic rings. The van der Waals surface area contributed by atoms with Crippen molar-refractivity contribution in [1.82, 2.24) is 4.57 Å². The number of hydrogen-bond acceptors (Lipinski definition) is 1. The maximum Gasteiger partial charge on any atom is 0.0713 e. The molecule has 1 aromatic heterocycles. The maximum atomic E-state index is 2.40. The zero-order chi connectivity index (χ0) is 48.3. The Morgan fingerprint density at radius 2 is 0.795 bits per heavy atom. The zero-order valence-corrected chi connectivity index (χ0v) is 40.1. The second-order valence-corrected chi connectivity index (χ2v) is 19.2. The molecule has 0 atom stereocenters. The summed E-state index contributed by atoms with van der Waals surface area (Å²) in [6, 6.07) is 107. The molecule has 0 saturated carbocycles. The van der Waals surface area contributed by atoms with Gasteiger partial charge in [0.2, 0.25) is 0 Å². The van der Waals surface area contributed by atoms with E-state index in [1.54, 1.807) is 0 Å². The number of hydrogen-bond donors (Lipinski definition) is 0. The molecule has 1 heterocycles. The Bertz CT molecular complexity index is 4090. The van der Waals surface area contributed by atoms with Gasteiger partial charge in [-0.2, -0.15) is 0 Å². The van der Waals surface area contributed by atoms with Crippen molar-refractivity contribution >= 4 is 49.6 Å². The summed E-state index contributed by atoms with van der Waals surface area (Å²) in [7, 11) is 0. The van der Waals surface area contributed by atoms with E-state index in [2.05, 4.69) is 301 Å². The predicted molar refractivity (Wildman–Crippen MR) is 307 cm³/mol. The third-order valence-corrected chi connectivity index (χ3v) is 15.2. The summed E-state index contributed by atoms with van der Waals surface area (Å²) in [5.74, 6) is 0. The molecule has 0 saturated heterocycles. The van der Waals surface area contributed by atoms with Gasteiger partial charge >= 0.3 is 0 Å². The number of para-hydroxylation sites is 2. The van der Waals surface area contributed by atoms with Gasteiger partial charge < -0.3 is 9.47 Å². The highest BCUT2D eigenvalue weighted by Gasteiger charge is 2.46. The molecule has 2 nitrogen and oxygen atoms in total. The van der Waals surface area contributed by atoms with Crippen molar-refractivity contribution in [3.05, 3.63) is 313 Å². The second-order valence-electron chi connectivity index (χ2n) is 19.2. The number of fused-ring (bicyclic) bond motifs is 7. The molecule has 0 bridgehead atoms. The van der Waals surface area contributed by atoms with Crippen LogP contribution in [0.25, 0.3) is 82.8 Å². The highest BCUT2D eigenvalue weighted by atomic mass is 15.1. The van der Waals surface area contributed by atoms with Crippen molar-refractivity contribution in [3.63, 3.8) is 0 Å². The largest absolute Gasteiger partial charge is 0.310 e. The highest BCUT2D eigenvalue weighted by Crippen LogP contribution is 2.58. The van der Waals surface area contributed by atoms with Crippen LogP contribution in [0.3, 0.4) is 0 Å². The first-order valence-corrected chi connectivity index (χ1v) is 25.2. The van der Waals surface area contributed by atoms with Gasteiger partial charge in [-0.3, -0.25) is 0 Å². The van der Waals surface area contributed by atoms with Crippen molar-refractivity contribution in [1.29, 1.82) is 0 Å². The topological polar surface area (TPSA) is 8.17 Å². The van der Waals surface area contributed by atoms with Crippen LogP contribution in [0.15, 0.2) is 291 Å². The lowest BCUT2D eigenvalue weighted by Gasteiger charge is -2.34. The number of rotatable bonds is 9. The quantitative estimate of drug-likeness (QED) is 0.140. The number of benzene rings is 12. The summed E-state index contributed by atoms with van der Waals surface area (Å²) in [6.45, 7) is 0. The normalized spacial score (nSPS) is 12.5. The van der Waals surface area contributed by atoms with E-state index in [0.29, 0.717) is 0 Å². The molecule has 1 aliphatic rings. The summed E-state index contributed by atoms with van der Waals surface area (Å²) < 4.78 is 2.40. The SMILES string of the molecule is c1ccc(C2(c3ccccc3)c3ccccc3-c3c(-c4ccc(N(c5ccc(-c6cccc(-c7ccc8ccccc8c7)c6)cc5)c5cccc(-n6c7ccccc7c7ccccc76)c5)cc4)cccc32)cc1. The van der Waals surface area contributed by atoms with Gasteiger partial charge in [-0.05, 0) is 144 Å². The number of nitrogens with zero attached hydrogens (tertiary/aromatic N) is 2. The molecule has 1 aliphatic carbocycles. The molecule has 0 N–H and O–H groups in total.